The molecule has 0 radical (unpaired) electrons. The average molecular weight is 791 g/mol. The number of nitrogens with one attached hydrogen (secondary N) is 2. The van der Waals surface area contributed by atoms with E-state index in [4.69, 9.17) is 5.11 Å². The molecule has 8 heteroatoms. The Hall–Kier alpha value is -4.14. The normalized spacial score (nSPS) is 10.3. The van der Waals surface area contributed by atoms with Crippen LogP contribution in [0.4, 0.5) is 11.4 Å². The predicted molar refractivity (Wildman–Crippen MR) is 225 cm³/mol. The molecule has 0 aliphatic heterocycles. The minimum Gasteiger partial charge on any atom is -0.550 e. The number of alkyl halides is 1. The number of nitrogens with zero attached hydrogens (tertiary/aromatic N) is 1. The van der Waals surface area contributed by atoms with Gasteiger partial charge in [-0.05, 0) is 102 Å². The predicted octanol–water partition coefficient (Wildman–Crippen LogP) is 8.65. The van der Waals surface area contributed by atoms with Crippen molar-refractivity contribution in [1.82, 2.24) is 0 Å². The zero-order valence-electron chi connectivity index (χ0n) is 32.7. The van der Waals surface area contributed by atoms with Gasteiger partial charge in [-0.25, -0.2) is 0 Å². The molecule has 53 heavy (non-hydrogen) atoms. The van der Waals surface area contributed by atoms with Crippen molar-refractivity contribution >= 4 is 39.2 Å². The third-order valence-corrected chi connectivity index (χ3v) is 8.99. The lowest BCUT2D eigenvalue weighted by Gasteiger charge is -2.25. The highest BCUT2D eigenvalue weighted by molar-refractivity contribution is 9.09. The average Bonchev–Trinajstić information content (AvgIpc) is 3.16. The number of para-hydroxylation sites is 2. The number of carboxylic acid groups (broad SMARTS) is 2. The van der Waals surface area contributed by atoms with E-state index in [0.29, 0.717) is 12.8 Å². The number of aliphatic carboxylic acids is 2. The first kappa shape index (κ1) is 46.9. The fourth-order valence-corrected chi connectivity index (χ4v) is 6.10. The monoisotopic (exact) mass is 789 g/mol. The summed E-state index contributed by atoms with van der Waals surface area (Å²) < 4.78 is 0. The fraction of sp³-hybridized carbons (Fsp3) is 0.422. The highest BCUT2D eigenvalue weighted by Gasteiger charge is 2.13. The fourth-order valence-electron chi connectivity index (χ4n) is 5.70. The summed E-state index contributed by atoms with van der Waals surface area (Å²) in [6.45, 7) is 15.3. The molecule has 0 unspecified atom stereocenters. The van der Waals surface area contributed by atoms with Crippen LogP contribution < -0.4 is 20.2 Å². The van der Waals surface area contributed by atoms with Gasteiger partial charge in [0, 0.05) is 48.7 Å². The summed E-state index contributed by atoms with van der Waals surface area (Å²) in [5, 5.41) is 22.8. The van der Waals surface area contributed by atoms with E-state index in [1.54, 1.807) is 4.90 Å². The summed E-state index contributed by atoms with van der Waals surface area (Å²) in [5.41, 5.74) is 4.94. The highest BCUT2D eigenvalue weighted by atomic mass is 79.9. The van der Waals surface area contributed by atoms with Crippen molar-refractivity contribution in [2.75, 3.05) is 28.6 Å². The molecule has 3 N–H and O–H groups in total. The van der Waals surface area contributed by atoms with Gasteiger partial charge in [-0.15, -0.1) is 0 Å². The largest absolute Gasteiger partial charge is 0.550 e. The third-order valence-electron chi connectivity index (χ3n) is 8.43. The first-order chi connectivity index (χ1) is 25.6. The van der Waals surface area contributed by atoms with E-state index in [9.17, 15) is 14.7 Å². The van der Waals surface area contributed by atoms with Gasteiger partial charge in [0.1, 0.15) is 0 Å². The van der Waals surface area contributed by atoms with Crippen LogP contribution in [0.15, 0.2) is 121 Å². The first-order valence-electron chi connectivity index (χ1n) is 19.1. The summed E-state index contributed by atoms with van der Waals surface area (Å²) in [7, 11) is 0. The van der Waals surface area contributed by atoms with E-state index in [2.05, 4.69) is 134 Å². The number of unbranched alkanes of at least 4 members (excludes halogenated alkanes) is 3. The second-order valence-corrected chi connectivity index (χ2v) is 14.2. The van der Waals surface area contributed by atoms with Crippen molar-refractivity contribution in [1.29, 1.82) is 0 Å². The summed E-state index contributed by atoms with van der Waals surface area (Å²) in [4.78, 5) is 24.3. The Kier molecular flexibility index (Phi) is 26.8. The summed E-state index contributed by atoms with van der Waals surface area (Å²) in [6, 6.07) is 42.9. The number of carboxylic acids is 2. The SMILES string of the molecule is CC[NH+](C(C)C)C(C)C.O=C(O)CCCCBr.O=C([O-])CCCCCN(Cc1ccccc1)c1ccccc1.c1ccc(CNc2ccccc2)cc1. The number of carbonyl (C=O) groups is 2. The van der Waals surface area contributed by atoms with Crippen LogP contribution in [-0.2, 0) is 22.7 Å². The molecule has 290 valence electrons. The van der Waals surface area contributed by atoms with Crippen LogP contribution in [0.3, 0.4) is 0 Å². The Morgan fingerprint density at radius 1 is 0.698 bits per heavy atom. The number of quaternary nitrogens is 1. The molecule has 0 aliphatic carbocycles. The summed E-state index contributed by atoms with van der Waals surface area (Å²) in [6.07, 6.45) is 4.76. The van der Waals surface area contributed by atoms with Crippen LogP contribution in [-0.4, -0.2) is 47.5 Å². The van der Waals surface area contributed by atoms with Crippen LogP contribution in [0.5, 0.6) is 0 Å². The van der Waals surface area contributed by atoms with Crippen LogP contribution in [0, 0.1) is 0 Å². The maximum Gasteiger partial charge on any atom is 0.303 e. The molecule has 4 rings (SSSR count). The minimum absolute atomic E-state index is 0.157. The zero-order valence-corrected chi connectivity index (χ0v) is 34.3. The van der Waals surface area contributed by atoms with E-state index in [1.165, 1.54) is 23.4 Å². The number of halogens is 1. The quantitative estimate of drug-likeness (QED) is 0.0651. The van der Waals surface area contributed by atoms with Crippen molar-refractivity contribution in [3.05, 3.63) is 132 Å². The molecule has 0 bridgehead atoms. The van der Waals surface area contributed by atoms with Crippen LogP contribution >= 0.6 is 15.9 Å². The van der Waals surface area contributed by atoms with Gasteiger partial charge in [-0.3, -0.25) is 4.79 Å². The van der Waals surface area contributed by atoms with Crippen LogP contribution in [0.1, 0.15) is 90.7 Å². The number of hydrogen-bond donors (Lipinski definition) is 3. The van der Waals surface area contributed by atoms with Gasteiger partial charge in [0.25, 0.3) is 0 Å². The smallest absolute Gasteiger partial charge is 0.303 e. The van der Waals surface area contributed by atoms with Crippen molar-refractivity contribution in [2.45, 2.75) is 105 Å². The second kappa shape index (κ2) is 30.3. The Balaban J connectivity index is 0.000000388. The van der Waals surface area contributed by atoms with Gasteiger partial charge in [-0.2, -0.15) is 0 Å². The Bertz CT molecular complexity index is 1390. The van der Waals surface area contributed by atoms with Crippen molar-refractivity contribution in [3.8, 4) is 0 Å². The van der Waals surface area contributed by atoms with E-state index >= 15 is 0 Å². The van der Waals surface area contributed by atoms with Crippen molar-refractivity contribution in [3.63, 3.8) is 0 Å². The lowest BCUT2D eigenvalue weighted by molar-refractivity contribution is -0.940. The Morgan fingerprint density at radius 2 is 1.19 bits per heavy atom. The molecule has 0 aromatic heterocycles. The van der Waals surface area contributed by atoms with Crippen molar-refractivity contribution in [2.24, 2.45) is 0 Å². The third kappa shape index (κ3) is 24.7. The number of carbonyl (C=O) groups excluding carboxylic acids is 1. The number of anilines is 2. The lowest BCUT2D eigenvalue weighted by Crippen LogP contribution is -3.17. The molecule has 0 saturated carbocycles. The molecule has 0 fully saturated rings. The van der Waals surface area contributed by atoms with Crippen LogP contribution in [0.25, 0.3) is 0 Å². The molecule has 4 aromatic carbocycles. The summed E-state index contributed by atoms with van der Waals surface area (Å²) >= 11 is 3.21. The highest BCUT2D eigenvalue weighted by Crippen LogP contribution is 2.18. The topological polar surface area (TPSA) is 97.1 Å². The molecule has 0 saturated heterocycles. The molecule has 0 atom stereocenters. The first-order valence-corrected chi connectivity index (χ1v) is 20.2. The molecular formula is C45H64BrN3O4. The zero-order chi connectivity index (χ0) is 39.1. The summed E-state index contributed by atoms with van der Waals surface area (Å²) in [5.74, 6) is -1.66. The standard InChI is InChI=1S/C19H23NO2.C13H13N.C8H19N.C5H9BrO2/c21-19(22)14-8-3-9-15-20(18-12-6-2-7-13-18)16-17-10-4-1-5-11-17;1-3-7-12(8-4-1)11-14-13-9-5-2-6-10-13;1-6-9(7(2)3)8(4)5;6-4-2-1-3-5(7)8/h1-2,4-7,10-13H,3,8-9,14-16H2,(H,21,22);1-10,14H,11H2;7-8H,6H2,1-5H3;1-4H2,(H,7,8). The van der Waals surface area contributed by atoms with Gasteiger partial charge in [-0.1, -0.05) is 119 Å². The molecule has 0 aliphatic rings. The number of rotatable bonds is 19. The van der Waals surface area contributed by atoms with Crippen molar-refractivity contribution < 1.29 is 24.7 Å². The molecular weight excluding hydrogens is 726 g/mol. The Morgan fingerprint density at radius 3 is 1.64 bits per heavy atom. The van der Waals surface area contributed by atoms with E-state index < -0.39 is 11.9 Å². The molecule has 4 aromatic rings. The maximum atomic E-state index is 10.4. The van der Waals surface area contributed by atoms with Gasteiger partial charge in [0.05, 0.1) is 18.6 Å². The Labute approximate surface area is 328 Å². The molecule has 0 heterocycles. The van der Waals surface area contributed by atoms with Gasteiger partial charge >= 0.3 is 5.97 Å². The molecule has 0 spiro atoms. The maximum absolute atomic E-state index is 10.4. The van der Waals surface area contributed by atoms with Crippen LogP contribution in [0.2, 0.25) is 0 Å². The van der Waals surface area contributed by atoms with Gasteiger partial charge in [0.15, 0.2) is 0 Å². The minimum atomic E-state index is -0.954. The molecule has 7 nitrogen and oxygen atoms in total. The van der Waals surface area contributed by atoms with Gasteiger partial charge in [0.2, 0.25) is 0 Å². The number of benzene rings is 4. The van der Waals surface area contributed by atoms with E-state index in [0.717, 1.165) is 68.4 Å². The lowest BCUT2D eigenvalue weighted by atomic mass is 10.1. The second-order valence-electron chi connectivity index (χ2n) is 13.4. The molecule has 0 amide bonds. The van der Waals surface area contributed by atoms with Gasteiger partial charge < -0.3 is 30.1 Å². The van der Waals surface area contributed by atoms with E-state index in [-0.39, 0.29) is 6.42 Å². The number of hydrogen-bond acceptors (Lipinski definition) is 5. The van der Waals surface area contributed by atoms with E-state index in [1.807, 2.05) is 48.5 Å².